The zero-order valence-electron chi connectivity index (χ0n) is 8.47. The summed E-state index contributed by atoms with van der Waals surface area (Å²) >= 11 is 5.63. The van der Waals surface area contributed by atoms with E-state index in [2.05, 4.69) is 0 Å². The van der Waals surface area contributed by atoms with E-state index in [1.54, 1.807) is 6.92 Å². The average molecular weight is 251 g/mol. The molecule has 1 unspecified atom stereocenters. The zero-order valence-corrected chi connectivity index (χ0v) is 9.23. The van der Waals surface area contributed by atoms with Gasteiger partial charge in [-0.1, -0.05) is 0 Å². The van der Waals surface area contributed by atoms with E-state index in [-0.39, 0.29) is 12.5 Å². The lowest BCUT2D eigenvalue weighted by atomic mass is 10.2. The molecule has 90 valence electrons. The first kappa shape index (κ1) is 11.5. The largest absolute Gasteiger partial charge is 0.505 e. The Morgan fingerprint density at radius 3 is 2.69 bits per heavy atom. The minimum absolute atomic E-state index is 0.112. The standard InChI is InChI=1S/C9H11ClO6/c1-9(3-10)14-2-4(16-9)7-5(11)6(12)8(13)15-7/h4,7,11-12H,2-3H2,1H3/t4-,7+,9?/m0/s1. The van der Waals surface area contributed by atoms with Crippen molar-refractivity contribution in [3.8, 4) is 0 Å². The molecule has 0 radical (unpaired) electrons. The van der Waals surface area contributed by atoms with E-state index >= 15 is 0 Å². The zero-order chi connectivity index (χ0) is 11.9. The fourth-order valence-electron chi connectivity index (χ4n) is 1.58. The molecular weight excluding hydrogens is 240 g/mol. The molecule has 2 N–H and O–H groups in total. The SMILES string of the molecule is CC1(CCl)OC[C@@H]([C@H]2OC(=O)C(O)=C2O)O1. The van der Waals surface area contributed by atoms with Crippen LogP contribution < -0.4 is 0 Å². The van der Waals surface area contributed by atoms with Crippen LogP contribution in [0.1, 0.15) is 6.92 Å². The number of halogens is 1. The first-order chi connectivity index (χ1) is 7.47. The number of carbonyl (C=O) groups is 1. The number of cyclic esters (lactones) is 1. The molecule has 7 heteroatoms. The lowest BCUT2D eigenvalue weighted by molar-refractivity contribution is -0.161. The molecule has 16 heavy (non-hydrogen) atoms. The second kappa shape index (κ2) is 3.80. The predicted octanol–water partition coefficient (Wildman–Crippen LogP) is 0.610. The average Bonchev–Trinajstić information content (AvgIpc) is 2.76. The third-order valence-corrected chi connectivity index (χ3v) is 2.96. The summed E-state index contributed by atoms with van der Waals surface area (Å²) in [6, 6.07) is 0. The summed E-state index contributed by atoms with van der Waals surface area (Å²) in [6.07, 6.45) is -1.70. The van der Waals surface area contributed by atoms with Crippen LogP contribution in [0.4, 0.5) is 0 Å². The summed E-state index contributed by atoms with van der Waals surface area (Å²) < 4.78 is 15.4. The molecule has 3 atom stereocenters. The first-order valence-corrected chi connectivity index (χ1v) is 5.21. The molecule has 0 saturated carbocycles. The summed E-state index contributed by atoms with van der Waals surface area (Å²) in [5.41, 5.74) is 0. The predicted molar refractivity (Wildman–Crippen MR) is 52.1 cm³/mol. The van der Waals surface area contributed by atoms with Crippen LogP contribution in [0.5, 0.6) is 0 Å². The smallest absolute Gasteiger partial charge is 0.377 e. The normalized spacial score (nSPS) is 39.2. The maximum absolute atomic E-state index is 11.0. The van der Waals surface area contributed by atoms with Crippen molar-refractivity contribution in [3.05, 3.63) is 11.5 Å². The molecule has 0 spiro atoms. The highest BCUT2D eigenvalue weighted by Crippen LogP contribution is 2.32. The summed E-state index contributed by atoms with van der Waals surface area (Å²) in [5.74, 6) is -3.13. The van der Waals surface area contributed by atoms with Gasteiger partial charge in [-0.05, 0) is 6.92 Å². The van der Waals surface area contributed by atoms with Crippen molar-refractivity contribution in [1.29, 1.82) is 0 Å². The van der Waals surface area contributed by atoms with Crippen LogP contribution in [0.3, 0.4) is 0 Å². The molecule has 2 aliphatic rings. The van der Waals surface area contributed by atoms with Gasteiger partial charge in [0.05, 0.1) is 12.5 Å². The minimum Gasteiger partial charge on any atom is -0.505 e. The van der Waals surface area contributed by atoms with Crippen LogP contribution in [0, 0.1) is 0 Å². The Balaban J connectivity index is 2.10. The van der Waals surface area contributed by atoms with Crippen LogP contribution >= 0.6 is 11.6 Å². The molecule has 1 saturated heterocycles. The Labute approximate surface area is 96.4 Å². The summed E-state index contributed by atoms with van der Waals surface area (Å²) in [7, 11) is 0. The van der Waals surface area contributed by atoms with Gasteiger partial charge in [-0.2, -0.15) is 0 Å². The topological polar surface area (TPSA) is 85.2 Å². The fraction of sp³-hybridized carbons (Fsp3) is 0.667. The monoisotopic (exact) mass is 250 g/mol. The van der Waals surface area contributed by atoms with Crippen LogP contribution in [0.15, 0.2) is 11.5 Å². The molecule has 1 fully saturated rings. The minimum atomic E-state index is -1.03. The number of aliphatic hydroxyl groups excluding tert-OH is 2. The molecule has 0 aromatic carbocycles. The molecule has 6 nitrogen and oxygen atoms in total. The lowest BCUT2D eigenvalue weighted by Gasteiger charge is -2.21. The van der Waals surface area contributed by atoms with Gasteiger partial charge >= 0.3 is 5.97 Å². The van der Waals surface area contributed by atoms with Gasteiger partial charge in [0.25, 0.3) is 0 Å². The molecular formula is C9H11ClO6. The number of hydrogen-bond acceptors (Lipinski definition) is 6. The Bertz CT molecular complexity index is 354. The van der Waals surface area contributed by atoms with Crippen molar-refractivity contribution in [2.45, 2.75) is 24.9 Å². The highest BCUT2D eigenvalue weighted by Gasteiger charge is 2.47. The Morgan fingerprint density at radius 2 is 2.25 bits per heavy atom. The molecule has 2 rings (SSSR count). The summed E-state index contributed by atoms with van der Waals surface area (Å²) in [4.78, 5) is 11.0. The van der Waals surface area contributed by atoms with Crippen molar-refractivity contribution in [2.75, 3.05) is 12.5 Å². The van der Waals surface area contributed by atoms with Crippen LogP contribution in [0.2, 0.25) is 0 Å². The quantitative estimate of drug-likeness (QED) is 0.552. The van der Waals surface area contributed by atoms with Gasteiger partial charge in [-0.25, -0.2) is 4.79 Å². The van der Waals surface area contributed by atoms with E-state index in [0.29, 0.717) is 0 Å². The lowest BCUT2D eigenvalue weighted by Crippen LogP contribution is -2.34. The van der Waals surface area contributed by atoms with E-state index < -0.39 is 35.5 Å². The van der Waals surface area contributed by atoms with E-state index in [1.807, 2.05) is 0 Å². The molecule has 2 aliphatic heterocycles. The Hall–Kier alpha value is -0.980. The van der Waals surface area contributed by atoms with E-state index in [0.717, 1.165) is 0 Å². The van der Waals surface area contributed by atoms with Gasteiger partial charge in [-0.3, -0.25) is 0 Å². The second-order valence-corrected chi connectivity index (χ2v) is 4.06. The first-order valence-electron chi connectivity index (χ1n) is 4.67. The number of esters is 1. The van der Waals surface area contributed by atoms with Crippen molar-refractivity contribution in [3.63, 3.8) is 0 Å². The van der Waals surface area contributed by atoms with Crippen LogP contribution in [-0.4, -0.2) is 46.7 Å². The van der Waals surface area contributed by atoms with Crippen LogP contribution in [-0.2, 0) is 19.0 Å². The number of aliphatic hydroxyl groups is 2. The molecule has 0 aliphatic carbocycles. The van der Waals surface area contributed by atoms with Gasteiger partial charge < -0.3 is 24.4 Å². The number of ether oxygens (including phenoxy) is 3. The molecule has 2 heterocycles. The number of hydrogen-bond donors (Lipinski definition) is 2. The highest BCUT2D eigenvalue weighted by atomic mass is 35.5. The maximum Gasteiger partial charge on any atom is 0.377 e. The molecule has 0 aromatic rings. The van der Waals surface area contributed by atoms with Crippen molar-refractivity contribution < 1.29 is 29.2 Å². The van der Waals surface area contributed by atoms with E-state index in [1.165, 1.54) is 0 Å². The maximum atomic E-state index is 11.0. The summed E-state index contributed by atoms with van der Waals surface area (Å²) in [6.45, 7) is 1.76. The van der Waals surface area contributed by atoms with Crippen LogP contribution in [0.25, 0.3) is 0 Å². The molecule has 0 aromatic heterocycles. The van der Waals surface area contributed by atoms with Gasteiger partial charge in [0.1, 0.15) is 6.10 Å². The number of rotatable bonds is 2. The van der Waals surface area contributed by atoms with Gasteiger partial charge in [-0.15, -0.1) is 11.6 Å². The van der Waals surface area contributed by atoms with Gasteiger partial charge in [0.15, 0.2) is 17.7 Å². The van der Waals surface area contributed by atoms with Crippen molar-refractivity contribution in [2.24, 2.45) is 0 Å². The fourth-order valence-corrected chi connectivity index (χ4v) is 1.72. The van der Waals surface area contributed by atoms with E-state index in [4.69, 9.17) is 30.9 Å². The Morgan fingerprint density at radius 1 is 1.56 bits per heavy atom. The molecule has 0 bridgehead atoms. The summed E-state index contributed by atoms with van der Waals surface area (Å²) in [5, 5.41) is 18.6. The third-order valence-electron chi connectivity index (χ3n) is 2.47. The van der Waals surface area contributed by atoms with Gasteiger partial charge in [0.2, 0.25) is 5.76 Å². The number of carbonyl (C=O) groups excluding carboxylic acids is 1. The number of alkyl halides is 1. The van der Waals surface area contributed by atoms with Crippen molar-refractivity contribution in [1.82, 2.24) is 0 Å². The van der Waals surface area contributed by atoms with E-state index in [9.17, 15) is 9.90 Å². The van der Waals surface area contributed by atoms with Gasteiger partial charge in [0, 0.05) is 0 Å². The molecule has 0 amide bonds. The highest BCUT2D eigenvalue weighted by molar-refractivity contribution is 6.18. The Kier molecular flexibility index (Phi) is 2.73. The van der Waals surface area contributed by atoms with Crippen molar-refractivity contribution >= 4 is 17.6 Å². The second-order valence-electron chi connectivity index (χ2n) is 3.79. The third kappa shape index (κ3) is 1.73.